The molecular weight excluding hydrogens is 368 g/mol. The summed E-state index contributed by atoms with van der Waals surface area (Å²) in [7, 11) is 0. The van der Waals surface area contributed by atoms with E-state index in [1.807, 2.05) is 6.07 Å². The molecule has 5 rings (SSSR count). The first-order chi connectivity index (χ1) is 14.2. The Kier molecular flexibility index (Phi) is 5.48. The van der Waals surface area contributed by atoms with Gasteiger partial charge in [0, 0.05) is 58.1 Å². The number of piperazine rings is 1. The number of ether oxygens (including phenoxy) is 1. The van der Waals surface area contributed by atoms with Gasteiger partial charge in [-0.1, -0.05) is 0 Å². The Labute approximate surface area is 171 Å². The van der Waals surface area contributed by atoms with Crippen molar-refractivity contribution in [3.8, 4) is 0 Å². The summed E-state index contributed by atoms with van der Waals surface area (Å²) in [4.78, 5) is 22.0. The van der Waals surface area contributed by atoms with E-state index >= 15 is 0 Å². The summed E-state index contributed by atoms with van der Waals surface area (Å²) >= 11 is 0. The number of fused-ring (bicyclic) bond motifs is 2. The molecular formula is C21H30N6O2. The predicted molar refractivity (Wildman–Crippen MR) is 109 cm³/mol. The van der Waals surface area contributed by atoms with Gasteiger partial charge < -0.3 is 9.30 Å². The Morgan fingerprint density at radius 2 is 1.83 bits per heavy atom. The number of hydrogen-bond donors (Lipinski definition) is 0. The van der Waals surface area contributed by atoms with Crippen LogP contribution in [0, 0.1) is 0 Å². The second kappa shape index (κ2) is 8.38. The minimum absolute atomic E-state index is 0.0528. The van der Waals surface area contributed by atoms with E-state index in [0.717, 1.165) is 82.5 Å². The molecule has 3 aliphatic rings. The van der Waals surface area contributed by atoms with Gasteiger partial charge >= 0.3 is 0 Å². The lowest BCUT2D eigenvalue weighted by molar-refractivity contribution is 0.0815. The molecule has 2 aromatic rings. The minimum Gasteiger partial charge on any atom is -0.372 e. The molecule has 0 saturated carbocycles. The first kappa shape index (κ1) is 19.0. The number of hydrogen-bond acceptors (Lipinski definition) is 6. The molecule has 2 aliphatic heterocycles. The standard InChI is InChI=1S/C21H30N6O2/c28-21-13-17-3-1-2-4-19(17)23-27(21)10-9-24-5-7-25(8-6-24)14-18-15-26-11-12-29-16-20(26)22-18/h13,15H,1-12,14,16H2. The highest BCUT2D eigenvalue weighted by Crippen LogP contribution is 2.17. The molecule has 0 radical (unpaired) electrons. The van der Waals surface area contributed by atoms with Crippen LogP contribution in [0.1, 0.15) is 35.6 Å². The van der Waals surface area contributed by atoms with Crippen LogP contribution in [0.4, 0.5) is 0 Å². The number of imidazole rings is 1. The molecule has 1 saturated heterocycles. The van der Waals surface area contributed by atoms with E-state index in [4.69, 9.17) is 9.72 Å². The van der Waals surface area contributed by atoms with Gasteiger partial charge in [-0.05, 0) is 31.2 Å². The molecule has 0 amide bonds. The summed E-state index contributed by atoms with van der Waals surface area (Å²) in [5.74, 6) is 1.05. The van der Waals surface area contributed by atoms with Crippen molar-refractivity contribution < 1.29 is 4.74 Å². The fraction of sp³-hybridized carbons (Fsp3) is 0.667. The average Bonchev–Trinajstić information content (AvgIpc) is 3.15. The van der Waals surface area contributed by atoms with Gasteiger partial charge in [0.1, 0.15) is 12.4 Å². The molecule has 8 nitrogen and oxygen atoms in total. The lowest BCUT2D eigenvalue weighted by Gasteiger charge is -2.34. The normalized spacial score (nSPS) is 20.4. The third-order valence-electron chi connectivity index (χ3n) is 6.37. The summed E-state index contributed by atoms with van der Waals surface area (Å²) in [6.45, 7) is 8.90. The van der Waals surface area contributed by atoms with E-state index < -0.39 is 0 Å². The summed E-state index contributed by atoms with van der Waals surface area (Å²) in [6.07, 6.45) is 6.56. The van der Waals surface area contributed by atoms with Crippen LogP contribution < -0.4 is 5.56 Å². The Balaban J connectivity index is 1.12. The van der Waals surface area contributed by atoms with Crippen molar-refractivity contribution in [2.24, 2.45) is 0 Å². The van der Waals surface area contributed by atoms with Crippen molar-refractivity contribution in [2.75, 3.05) is 39.3 Å². The minimum atomic E-state index is 0.0528. The summed E-state index contributed by atoms with van der Waals surface area (Å²) in [5, 5.41) is 4.65. The van der Waals surface area contributed by atoms with Crippen molar-refractivity contribution in [3.05, 3.63) is 45.4 Å². The van der Waals surface area contributed by atoms with Crippen LogP contribution >= 0.6 is 0 Å². The average molecular weight is 399 g/mol. The quantitative estimate of drug-likeness (QED) is 0.737. The van der Waals surface area contributed by atoms with Crippen LogP contribution in [0.15, 0.2) is 17.1 Å². The molecule has 2 aromatic heterocycles. The molecule has 0 spiro atoms. The fourth-order valence-electron chi connectivity index (χ4n) is 4.62. The van der Waals surface area contributed by atoms with Gasteiger partial charge in [0.25, 0.3) is 5.56 Å². The van der Waals surface area contributed by atoms with Crippen LogP contribution in [0.2, 0.25) is 0 Å². The molecule has 0 bridgehead atoms. The van der Waals surface area contributed by atoms with Gasteiger partial charge in [0.2, 0.25) is 0 Å². The highest BCUT2D eigenvalue weighted by Gasteiger charge is 2.20. The van der Waals surface area contributed by atoms with Crippen molar-refractivity contribution >= 4 is 0 Å². The van der Waals surface area contributed by atoms with Gasteiger partial charge in [0.15, 0.2) is 0 Å². The highest BCUT2D eigenvalue weighted by molar-refractivity contribution is 5.20. The smallest absolute Gasteiger partial charge is 0.267 e. The molecule has 29 heavy (non-hydrogen) atoms. The lowest BCUT2D eigenvalue weighted by atomic mass is 9.97. The first-order valence-electron chi connectivity index (χ1n) is 10.9. The van der Waals surface area contributed by atoms with Crippen LogP contribution in [0.5, 0.6) is 0 Å². The number of aryl methyl sites for hydroxylation is 2. The van der Waals surface area contributed by atoms with Crippen molar-refractivity contribution in [3.63, 3.8) is 0 Å². The molecule has 1 aliphatic carbocycles. The third kappa shape index (κ3) is 4.29. The van der Waals surface area contributed by atoms with Gasteiger partial charge in [0.05, 0.1) is 24.5 Å². The first-order valence-corrected chi connectivity index (χ1v) is 10.9. The molecule has 8 heteroatoms. The fourth-order valence-corrected chi connectivity index (χ4v) is 4.62. The molecule has 0 atom stereocenters. The molecule has 0 unspecified atom stereocenters. The topological polar surface area (TPSA) is 68.4 Å². The van der Waals surface area contributed by atoms with Gasteiger partial charge in [-0.3, -0.25) is 14.6 Å². The van der Waals surface area contributed by atoms with Crippen LogP contribution in [0.3, 0.4) is 0 Å². The molecule has 0 aromatic carbocycles. The third-order valence-corrected chi connectivity index (χ3v) is 6.37. The van der Waals surface area contributed by atoms with E-state index in [1.165, 1.54) is 18.4 Å². The Bertz CT molecular complexity index is 889. The SMILES string of the molecule is O=c1cc2c(nn1CCN1CCN(Cc3cn4c(n3)COCC4)CC1)CCCC2. The Morgan fingerprint density at radius 3 is 2.69 bits per heavy atom. The summed E-state index contributed by atoms with van der Waals surface area (Å²) in [5.41, 5.74) is 3.49. The molecule has 1 fully saturated rings. The second-order valence-electron chi connectivity index (χ2n) is 8.40. The van der Waals surface area contributed by atoms with Crippen molar-refractivity contribution in [1.82, 2.24) is 29.1 Å². The summed E-state index contributed by atoms with van der Waals surface area (Å²) in [6, 6.07) is 1.81. The number of nitrogens with zero attached hydrogens (tertiary/aromatic N) is 6. The Morgan fingerprint density at radius 1 is 1.00 bits per heavy atom. The van der Waals surface area contributed by atoms with E-state index in [9.17, 15) is 4.79 Å². The zero-order valence-corrected chi connectivity index (χ0v) is 17.1. The lowest BCUT2D eigenvalue weighted by Crippen LogP contribution is -2.47. The molecule has 156 valence electrons. The van der Waals surface area contributed by atoms with Crippen molar-refractivity contribution in [1.29, 1.82) is 0 Å². The van der Waals surface area contributed by atoms with Gasteiger partial charge in [-0.15, -0.1) is 0 Å². The van der Waals surface area contributed by atoms with Gasteiger partial charge in [-0.25, -0.2) is 9.67 Å². The largest absolute Gasteiger partial charge is 0.372 e. The zero-order valence-electron chi connectivity index (χ0n) is 17.1. The predicted octanol–water partition coefficient (Wildman–Crippen LogP) is 0.667. The molecule has 0 N–H and O–H groups in total. The van der Waals surface area contributed by atoms with Crippen LogP contribution in [-0.4, -0.2) is 68.5 Å². The highest BCUT2D eigenvalue weighted by atomic mass is 16.5. The second-order valence-corrected chi connectivity index (χ2v) is 8.40. The number of aromatic nitrogens is 4. The molecule has 4 heterocycles. The van der Waals surface area contributed by atoms with Crippen molar-refractivity contribution in [2.45, 2.75) is 51.9 Å². The summed E-state index contributed by atoms with van der Waals surface area (Å²) < 4.78 is 9.38. The maximum absolute atomic E-state index is 12.4. The van der Waals surface area contributed by atoms with Crippen LogP contribution in [-0.2, 0) is 43.8 Å². The van der Waals surface area contributed by atoms with Gasteiger partial charge in [-0.2, -0.15) is 5.10 Å². The van der Waals surface area contributed by atoms with Crippen LogP contribution in [0.25, 0.3) is 0 Å². The maximum Gasteiger partial charge on any atom is 0.267 e. The monoisotopic (exact) mass is 398 g/mol. The Hall–Kier alpha value is -2.03. The number of rotatable bonds is 5. The van der Waals surface area contributed by atoms with E-state index in [0.29, 0.717) is 13.2 Å². The maximum atomic E-state index is 12.4. The van der Waals surface area contributed by atoms with E-state index in [-0.39, 0.29) is 5.56 Å². The van der Waals surface area contributed by atoms with E-state index in [2.05, 4.69) is 25.7 Å². The zero-order chi connectivity index (χ0) is 19.6. The van der Waals surface area contributed by atoms with E-state index in [1.54, 1.807) is 4.68 Å².